The first-order valence-corrected chi connectivity index (χ1v) is 5.41. The van der Waals surface area contributed by atoms with Crippen LogP contribution in [0.4, 0.5) is 4.39 Å². The van der Waals surface area contributed by atoms with E-state index in [1.54, 1.807) is 0 Å². The van der Waals surface area contributed by atoms with E-state index in [1.165, 1.54) is 24.3 Å². The van der Waals surface area contributed by atoms with Crippen LogP contribution in [-0.2, 0) is 10.0 Å². The Bertz CT molecular complexity index is 428. The van der Waals surface area contributed by atoms with Crippen LogP contribution in [0.25, 0.3) is 0 Å². The van der Waals surface area contributed by atoms with Gasteiger partial charge in [0.05, 0.1) is 0 Å². The molecular weight excluding hydrogens is 205 g/mol. The van der Waals surface area contributed by atoms with Crippen molar-refractivity contribution in [2.45, 2.75) is 4.90 Å². The van der Waals surface area contributed by atoms with Crippen LogP contribution in [0.3, 0.4) is 0 Å². The van der Waals surface area contributed by atoms with Crippen molar-refractivity contribution in [3.63, 3.8) is 0 Å². The molecule has 0 amide bonds. The lowest BCUT2D eigenvalue weighted by Crippen LogP contribution is -2.24. The largest absolute Gasteiger partial charge is 0.243 e. The standard InChI is InChI=1S/C9H10FNO2S/c1-2-7-11-14(12,13)9-6-4-3-5-8(9)10/h2-6,11H,1,7H2. The number of sulfonamides is 1. The van der Waals surface area contributed by atoms with Gasteiger partial charge in [0.1, 0.15) is 10.7 Å². The minimum atomic E-state index is -3.75. The van der Waals surface area contributed by atoms with Gasteiger partial charge < -0.3 is 0 Å². The van der Waals surface area contributed by atoms with E-state index in [0.29, 0.717) is 0 Å². The van der Waals surface area contributed by atoms with Crippen LogP contribution in [0, 0.1) is 5.82 Å². The number of hydrogen-bond donors (Lipinski definition) is 1. The van der Waals surface area contributed by atoms with Crippen molar-refractivity contribution in [2.24, 2.45) is 0 Å². The minimum Gasteiger partial charge on any atom is -0.207 e. The van der Waals surface area contributed by atoms with Crippen molar-refractivity contribution >= 4 is 10.0 Å². The van der Waals surface area contributed by atoms with E-state index in [4.69, 9.17) is 0 Å². The Hall–Kier alpha value is -1.20. The zero-order valence-electron chi connectivity index (χ0n) is 7.40. The summed E-state index contributed by atoms with van der Waals surface area (Å²) in [5.41, 5.74) is 0. The van der Waals surface area contributed by atoms with Crippen molar-refractivity contribution in [3.8, 4) is 0 Å². The molecule has 3 nitrogen and oxygen atoms in total. The predicted molar refractivity (Wildman–Crippen MR) is 51.8 cm³/mol. The van der Waals surface area contributed by atoms with Crippen LogP contribution >= 0.6 is 0 Å². The Morgan fingerprint density at radius 1 is 1.43 bits per heavy atom. The number of hydrogen-bond acceptors (Lipinski definition) is 2. The zero-order chi connectivity index (χ0) is 10.6. The fourth-order valence-electron chi connectivity index (χ4n) is 0.909. The quantitative estimate of drug-likeness (QED) is 0.769. The van der Waals surface area contributed by atoms with Crippen LogP contribution in [0.5, 0.6) is 0 Å². The lowest BCUT2D eigenvalue weighted by atomic mass is 10.4. The molecule has 0 spiro atoms. The molecule has 14 heavy (non-hydrogen) atoms. The summed E-state index contributed by atoms with van der Waals surface area (Å²) in [6, 6.07) is 5.20. The number of halogens is 1. The fourth-order valence-corrected chi connectivity index (χ4v) is 1.98. The summed E-state index contributed by atoms with van der Waals surface area (Å²) < 4.78 is 38.1. The Labute approximate surface area is 82.3 Å². The SMILES string of the molecule is C=CCNS(=O)(=O)c1ccccc1F. The third-order valence-electron chi connectivity index (χ3n) is 1.54. The van der Waals surface area contributed by atoms with Gasteiger partial charge in [-0.1, -0.05) is 18.2 Å². The highest BCUT2D eigenvalue weighted by Gasteiger charge is 2.16. The maximum Gasteiger partial charge on any atom is 0.243 e. The van der Waals surface area contributed by atoms with E-state index in [1.807, 2.05) is 0 Å². The molecule has 1 aromatic rings. The second-order valence-corrected chi connectivity index (χ2v) is 4.31. The zero-order valence-corrected chi connectivity index (χ0v) is 8.22. The average Bonchev–Trinajstić information content (AvgIpc) is 2.15. The van der Waals surface area contributed by atoms with Gasteiger partial charge in [-0.15, -0.1) is 6.58 Å². The molecule has 5 heteroatoms. The maximum absolute atomic E-state index is 13.1. The summed E-state index contributed by atoms with van der Waals surface area (Å²) in [6.45, 7) is 3.44. The first-order chi connectivity index (χ1) is 6.58. The third-order valence-corrected chi connectivity index (χ3v) is 3.00. The molecule has 0 atom stereocenters. The summed E-state index contributed by atoms with van der Waals surface area (Å²) in [6.07, 6.45) is 1.39. The van der Waals surface area contributed by atoms with Gasteiger partial charge in [-0.05, 0) is 12.1 Å². The van der Waals surface area contributed by atoms with Crippen molar-refractivity contribution in [3.05, 3.63) is 42.7 Å². The van der Waals surface area contributed by atoms with Gasteiger partial charge in [-0.25, -0.2) is 17.5 Å². The van der Waals surface area contributed by atoms with Crippen molar-refractivity contribution in [2.75, 3.05) is 6.54 Å². The van der Waals surface area contributed by atoms with Crippen molar-refractivity contribution in [1.29, 1.82) is 0 Å². The highest BCUT2D eigenvalue weighted by Crippen LogP contribution is 2.12. The number of rotatable bonds is 4. The number of nitrogens with one attached hydrogen (secondary N) is 1. The van der Waals surface area contributed by atoms with E-state index >= 15 is 0 Å². The maximum atomic E-state index is 13.1. The molecule has 76 valence electrons. The van der Waals surface area contributed by atoms with Gasteiger partial charge in [0.15, 0.2) is 0 Å². The molecule has 0 aliphatic rings. The van der Waals surface area contributed by atoms with Crippen LogP contribution in [-0.4, -0.2) is 15.0 Å². The Morgan fingerprint density at radius 2 is 2.07 bits per heavy atom. The lowest BCUT2D eigenvalue weighted by Gasteiger charge is -2.04. The average molecular weight is 215 g/mol. The Kier molecular flexibility index (Phi) is 3.38. The topological polar surface area (TPSA) is 46.2 Å². The van der Waals surface area contributed by atoms with Gasteiger partial charge in [-0.3, -0.25) is 0 Å². The second-order valence-electron chi connectivity index (χ2n) is 2.57. The number of benzene rings is 1. The fraction of sp³-hybridized carbons (Fsp3) is 0.111. The van der Waals surface area contributed by atoms with E-state index in [2.05, 4.69) is 11.3 Å². The van der Waals surface area contributed by atoms with Gasteiger partial charge in [0.25, 0.3) is 0 Å². The summed E-state index contributed by atoms with van der Waals surface area (Å²) in [7, 11) is -3.75. The van der Waals surface area contributed by atoms with Crippen molar-refractivity contribution < 1.29 is 12.8 Å². The van der Waals surface area contributed by atoms with Gasteiger partial charge in [0, 0.05) is 6.54 Å². The van der Waals surface area contributed by atoms with E-state index in [-0.39, 0.29) is 11.4 Å². The molecule has 0 saturated carbocycles. The van der Waals surface area contributed by atoms with E-state index < -0.39 is 15.8 Å². The molecule has 1 rings (SSSR count). The molecule has 1 N–H and O–H groups in total. The van der Waals surface area contributed by atoms with E-state index in [9.17, 15) is 12.8 Å². The molecule has 0 aliphatic carbocycles. The molecule has 0 bridgehead atoms. The molecule has 0 saturated heterocycles. The summed E-state index contributed by atoms with van der Waals surface area (Å²) >= 11 is 0. The molecule has 0 radical (unpaired) electrons. The smallest absolute Gasteiger partial charge is 0.207 e. The Balaban J connectivity index is 3.04. The molecule has 0 aliphatic heterocycles. The molecule has 0 fully saturated rings. The van der Waals surface area contributed by atoms with Gasteiger partial charge in [0.2, 0.25) is 10.0 Å². The van der Waals surface area contributed by atoms with Crippen LogP contribution < -0.4 is 4.72 Å². The first kappa shape index (κ1) is 10.9. The van der Waals surface area contributed by atoms with Crippen LogP contribution in [0.2, 0.25) is 0 Å². The lowest BCUT2D eigenvalue weighted by molar-refractivity contribution is 0.560. The highest BCUT2D eigenvalue weighted by molar-refractivity contribution is 7.89. The Morgan fingerprint density at radius 3 is 2.64 bits per heavy atom. The second kappa shape index (κ2) is 4.34. The highest BCUT2D eigenvalue weighted by atomic mass is 32.2. The predicted octanol–water partition coefficient (Wildman–Crippen LogP) is 1.29. The third kappa shape index (κ3) is 2.40. The van der Waals surface area contributed by atoms with Crippen LogP contribution in [0.1, 0.15) is 0 Å². The van der Waals surface area contributed by atoms with Crippen LogP contribution in [0.15, 0.2) is 41.8 Å². The summed E-state index contributed by atoms with van der Waals surface area (Å²) in [5.74, 6) is -0.760. The normalized spacial score (nSPS) is 11.2. The first-order valence-electron chi connectivity index (χ1n) is 3.93. The molecular formula is C9H10FNO2S. The van der Waals surface area contributed by atoms with Gasteiger partial charge in [-0.2, -0.15) is 0 Å². The summed E-state index contributed by atoms with van der Waals surface area (Å²) in [4.78, 5) is -0.346. The van der Waals surface area contributed by atoms with Crippen molar-refractivity contribution in [1.82, 2.24) is 4.72 Å². The monoisotopic (exact) mass is 215 g/mol. The van der Waals surface area contributed by atoms with E-state index in [0.717, 1.165) is 6.07 Å². The molecule has 0 aromatic heterocycles. The molecule has 0 heterocycles. The minimum absolute atomic E-state index is 0.0800. The summed E-state index contributed by atoms with van der Waals surface area (Å²) in [5, 5.41) is 0. The molecule has 0 unspecified atom stereocenters. The van der Waals surface area contributed by atoms with Gasteiger partial charge >= 0.3 is 0 Å². The molecule has 1 aromatic carbocycles.